The molecule has 0 N–H and O–H groups in total. The average molecular weight is 159 g/mol. The summed E-state index contributed by atoms with van der Waals surface area (Å²) >= 11 is 0. The minimum absolute atomic E-state index is 0.705. The van der Waals surface area contributed by atoms with Gasteiger partial charge in [-0.05, 0) is 13.5 Å². The molecule has 0 saturated carbocycles. The number of hydrogen-bond donors (Lipinski definition) is 0. The van der Waals surface area contributed by atoms with Crippen molar-refractivity contribution >= 4 is 8.56 Å². The van der Waals surface area contributed by atoms with Crippen LogP contribution in [-0.4, -0.2) is 15.7 Å². The van der Waals surface area contributed by atoms with E-state index in [2.05, 4.69) is 13.5 Å². The molecule has 0 amide bonds. The zero-order valence-corrected chi connectivity index (χ0v) is 7.94. The van der Waals surface area contributed by atoms with Crippen LogP contribution in [0.15, 0.2) is 12.3 Å². The third kappa shape index (κ3) is 3.03. The summed E-state index contributed by atoms with van der Waals surface area (Å²) in [7, 11) is -0.318. The second kappa shape index (κ2) is 3.78. The van der Waals surface area contributed by atoms with Crippen LogP contribution in [0.1, 0.15) is 6.92 Å². The van der Waals surface area contributed by atoms with Crippen molar-refractivity contribution in [1.82, 2.24) is 0 Å². The maximum absolute atomic E-state index is 5.40. The highest BCUT2D eigenvalue weighted by Gasteiger charge is 2.29. The lowest BCUT2D eigenvalue weighted by Crippen LogP contribution is -2.35. The van der Waals surface area contributed by atoms with Crippen molar-refractivity contribution in [3.05, 3.63) is 19.3 Å². The summed E-state index contributed by atoms with van der Waals surface area (Å²) in [5.41, 5.74) is 0. The van der Waals surface area contributed by atoms with Crippen LogP contribution in [0.2, 0.25) is 12.6 Å². The molecule has 0 aliphatic carbocycles. The molecular formula is C7H15O2Si. The van der Waals surface area contributed by atoms with Gasteiger partial charge in [0.2, 0.25) is 0 Å². The zero-order valence-electron chi connectivity index (χ0n) is 6.94. The van der Waals surface area contributed by atoms with Crippen molar-refractivity contribution in [2.45, 2.75) is 19.5 Å². The van der Waals surface area contributed by atoms with Crippen molar-refractivity contribution < 1.29 is 8.85 Å². The standard InChI is InChI=1S/C7H15O2Si/c1-6-10(5,8-4)9-7(2)3/h1-2,6H2,3-5H3. The van der Waals surface area contributed by atoms with Gasteiger partial charge in [-0.3, -0.25) is 0 Å². The maximum atomic E-state index is 5.40. The van der Waals surface area contributed by atoms with E-state index < -0.39 is 8.56 Å². The second-order valence-electron chi connectivity index (χ2n) is 2.39. The first-order chi connectivity index (χ1) is 4.54. The van der Waals surface area contributed by atoms with Crippen LogP contribution < -0.4 is 0 Å². The van der Waals surface area contributed by atoms with Crippen LogP contribution in [0.3, 0.4) is 0 Å². The Kier molecular flexibility index (Phi) is 3.67. The van der Waals surface area contributed by atoms with E-state index in [1.54, 1.807) is 7.11 Å². The summed E-state index contributed by atoms with van der Waals surface area (Å²) < 4.78 is 10.6. The lowest BCUT2D eigenvalue weighted by Gasteiger charge is -2.24. The Bertz CT molecular complexity index is 119. The second-order valence-corrected chi connectivity index (χ2v) is 5.77. The number of hydrogen-bond acceptors (Lipinski definition) is 2. The van der Waals surface area contributed by atoms with E-state index >= 15 is 0 Å². The van der Waals surface area contributed by atoms with Crippen LogP contribution in [0.25, 0.3) is 0 Å². The molecule has 10 heavy (non-hydrogen) atoms. The lowest BCUT2D eigenvalue weighted by molar-refractivity contribution is 0.262. The minimum Gasteiger partial charge on any atom is -0.525 e. The van der Waals surface area contributed by atoms with Gasteiger partial charge in [0.15, 0.2) is 0 Å². The topological polar surface area (TPSA) is 18.5 Å². The van der Waals surface area contributed by atoms with Gasteiger partial charge >= 0.3 is 8.56 Å². The molecule has 1 atom stereocenters. The molecule has 59 valence electrons. The largest absolute Gasteiger partial charge is 0.525 e. The third-order valence-electron chi connectivity index (χ3n) is 1.28. The molecule has 0 bridgehead atoms. The lowest BCUT2D eigenvalue weighted by atomic mass is 10.7. The Labute approximate surface area is 64.1 Å². The van der Waals surface area contributed by atoms with Crippen molar-refractivity contribution in [3.8, 4) is 0 Å². The van der Waals surface area contributed by atoms with E-state index in [4.69, 9.17) is 8.85 Å². The summed E-state index contributed by atoms with van der Waals surface area (Å²) in [6.07, 6.45) is 0. The van der Waals surface area contributed by atoms with Crippen LogP contribution in [0.4, 0.5) is 0 Å². The predicted molar refractivity (Wildman–Crippen MR) is 44.7 cm³/mol. The highest BCUT2D eigenvalue weighted by molar-refractivity contribution is 6.66. The number of allylic oxidation sites excluding steroid dienone is 1. The molecule has 0 spiro atoms. The summed E-state index contributed by atoms with van der Waals surface area (Å²) in [6.45, 7) is 11.2. The third-order valence-corrected chi connectivity index (χ3v) is 3.83. The molecule has 0 aromatic rings. The van der Waals surface area contributed by atoms with E-state index in [0.29, 0.717) is 11.8 Å². The Hall–Kier alpha value is -0.283. The molecule has 1 radical (unpaired) electrons. The fourth-order valence-electron chi connectivity index (χ4n) is 0.563. The van der Waals surface area contributed by atoms with Gasteiger partial charge in [-0.1, -0.05) is 13.5 Å². The predicted octanol–water partition coefficient (Wildman–Crippen LogP) is 2.09. The Morgan fingerprint density at radius 1 is 1.60 bits per heavy atom. The first-order valence-electron chi connectivity index (χ1n) is 3.23. The Morgan fingerprint density at radius 2 is 2.10 bits per heavy atom. The van der Waals surface area contributed by atoms with Crippen molar-refractivity contribution in [1.29, 1.82) is 0 Å². The van der Waals surface area contributed by atoms with Gasteiger partial charge in [-0.15, -0.1) is 0 Å². The van der Waals surface area contributed by atoms with Crippen LogP contribution in [0, 0.1) is 6.92 Å². The van der Waals surface area contributed by atoms with Crippen molar-refractivity contribution in [2.24, 2.45) is 0 Å². The SMILES string of the molecule is [CH2]C[Si](C)(OC)OC(=C)C. The molecule has 0 fully saturated rings. The average Bonchev–Trinajstić information content (AvgIpc) is 1.87. The summed E-state index contributed by atoms with van der Waals surface area (Å²) in [4.78, 5) is 0. The fraction of sp³-hybridized carbons (Fsp3) is 0.571. The van der Waals surface area contributed by atoms with E-state index in [-0.39, 0.29) is 0 Å². The van der Waals surface area contributed by atoms with Gasteiger partial charge in [0.05, 0.1) is 5.76 Å². The molecule has 0 aromatic carbocycles. The minimum atomic E-state index is -1.97. The fourth-order valence-corrected chi connectivity index (χ4v) is 1.69. The van der Waals surface area contributed by atoms with E-state index in [9.17, 15) is 0 Å². The van der Waals surface area contributed by atoms with Gasteiger partial charge in [-0.25, -0.2) is 0 Å². The number of rotatable bonds is 4. The smallest absolute Gasteiger partial charge is 0.395 e. The van der Waals surface area contributed by atoms with Gasteiger partial charge in [0, 0.05) is 13.2 Å². The normalized spacial score (nSPS) is 16.0. The highest BCUT2D eigenvalue weighted by Crippen LogP contribution is 2.14. The molecule has 3 heteroatoms. The van der Waals surface area contributed by atoms with Crippen molar-refractivity contribution in [3.63, 3.8) is 0 Å². The highest BCUT2D eigenvalue weighted by atomic mass is 28.4. The molecule has 1 unspecified atom stereocenters. The van der Waals surface area contributed by atoms with Crippen LogP contribution >= 0.6 is 0 Å². The first kappa shape index (κ1) is 9.72. The molecular weight excluding hydrogens is 144 g/mol. The monoisotopic (exact) mass is 159 g/mol. The molecule has 0 rings (SSSR count). The molecule has 2 nitrogen and oxygen atoms in total. The quantitative estimate of drug-likeness (QED) is 0.462. The first-order valence-corrected chi connectivity index (χ1v) is 5.75. The molecule has 0 aliphatic rings. The maximum Gasteiger partial charge on any atom is 0.395 e. The van der Waals surface area contributed by atoms with Gasteiger partial charge in [-0.2, -0.15) is 0 Å². The molecule has 0 saturated heterocycles. The summed E-state index contributed by atoms with van der Waals surface area (Å²) in [5.74, 6) is 0.708. The Balaban J connectivity index is 3.92. The molecule has 0 aromatic heterocycles. The van der Waals surface area contributed by atoms with Gasteiger partial charge < -0.3 is 8.85 Å². The van der Waals surface area contributed by atoms with Gasteiger partial charge in [0.25, 0.3) is 0 Å². The summed E-state index contributed by atoms with van der Waals surface area (Å²) in [5, 5.41) is 0. The zero-order chi connectivity index (χ0) is 8.20. The Morgan fingerprint density at radius 3 is 2.20 bits per heavy atom. The van der Waals surface area contributed by atoms with Crippen LogP contribution in [-0.2, 0) is 8.85 Å². The van der Waals surface area contributed by atoms with Crippen LogP contribution in [0.5, 0.6) is 0 Å². The summed E-state index contributed by atoms with van der Waals surface area (Å²) in [6, 6.07) is 0.705. The molecule has 0 aliphatic heterocycles. The van der Waals surface area contributed by atoms with E-state index in [1.807, 2.05) is 13.5 Å². The molecule has 0 heterocycles. The van der Waals surface area contributed by atoms with Gasteiger partial charge in [0.1, 0.15) is 0 Å². The van der Waals surface area contributed by atoms with E-state index in [1.165, 1.54) is 0 Å². The van der Waals surface area contributed by atoms with Crippen molar-refractivity contribution in [2.75, 3.05) is 7.11 Å². The van der Waals surface area contributed by atoms with E-state index in [0.717, 1.165) is 0 Å².